The van der Waals surface area contributed by atoms with E-state index in [0.717, 1.165) is 5.56 Å². The fraction of sp³-hybridized carbons (Fsp3) is 0.0556. The van der Waals surface area contributed by atoms with Crippen LogP contribution in [0, 0.1) is 11.8 Å². The summed E-state index contributed by atoms with van der Waals surface area (Å²) >= 11 is 12.1. The summed E-state index contributed by atoms with van der Waals surface area (Å²) in [5.74, 6) is 5.21. The molecule has 0 bridgehead atoms. The van der Waals surface area contributed by atoms with Crippen LogP contribution in [0.15, 0.2) is 64.7 Å². The number of Topliss-reactive ketones (excluding diaryl/α,β-unsaturated/α-hetero) is 1. The average Bonchev–Trinajstić information content (AvgIpc) is 2.57. The lowest BCUT2D eigenvalue weighted by Crippen LogP contribution is -2.32. The number of ketones is 1. The molecule has 0 aromatic heterocycles. The molecule has 2 aromatic carbocycles. The van der Waals surface area contributed by atoms with Gasteiger partial charge in [0.1, 0.15) is 5.03 Å². The van der Waals surface area contributed by atoms with Crippen LogP contribution in [0.4, 0.5) is 0 Å². The third kappa shape index (κ3) is 2.34. The highest BCUT2D eigenvalue weighted by Gasteiger charge is 2.42. The number of rotatable bonds is 0. The molecule has 1 N–H and O–H groups in total. The molecule has 0 heterocycles. The molecule has 1 unspecified atom stereocenters. The number of halogens is 2. The summed E-state index contributed by atoms with van der Waals surface area (Å²) in [6.07, 6.45) is 0. The zero-order valence-electron chi connectivity index (χ0n) is 11.3. The number of benzene rings is 2. The molecular weight excluding hydrogens is 319 g/mol. The Balaban J connectivity index is 2.19. The van der Waals surface area contributed by atoms with Crippen molar-refractivity contribution in [3.8, 4) is 11.8 Å². The number of aliphatic hydroxyl groups is 1. The van der Waals surface area contributed by atoms with Crippen molar-refractivity contribution in [2.75, 3.05) is 0 Å². The first kappa shape index (κ1) is 14.9. The predicted octanol–water partition coefficient (Wildman–Crippen LogP) is 3.81. The van der Waals surface area contributed by atoms with Crippen molar-refractivity contribution in [3.63, 3.8) is 0 Å². The Kier molecular flexibility index (Phi) is 3.80. The van der Waals surface area contributed by atoms with Crippen LogP contribution < -0.4 is 0 Å². The topological polar surface area (TPSA) is 37.3 Å². The third-order valence-electron chi connectivity index (χ3n) is 3.43. The molecule has 0 aliphatic heterocycles. The minimum atomic E-state index is -1.79. The second-order valence-corrected chi connectivity index (χ2v) is 5.59. The van der Waals surface area contributed by atoms with E-state index in [9.17, 15) is 9.90 Å². The van der Waals surface area contributed by atoms with E-state index in [-0.39, 0.29) is 10.1 Å². The number of allylic oxidation sites excluding steroid dienone is 1. The van der Waals surface area contributed by atoms with Gasteiger partial charge in [-0.25, -0.2) is 0 Å². The summed E-state index contributed by atoms with van der Waals surface area (Å²) in [6.45, 7) is 0. The lowest BCUT2D eigenvalue weighted by atomic mass is 9.83. The van der Waals surface area contributed by atoms with Crippen LogP contribution in [0.25, 0.3) is 0 Å². The smallest absolute Gasteiger partial charge is 0.206 e. The monoisotopic (exact) mass is 328 g/mol. The fourth-order valence-corrected chi connectivity index (χ4v) is 2.77. The van der Waals surface area contributed by atoms with Gasteiger partial charge in [-0.1, -0.05) is 77.5 Å². The second-order valence-electron chi connectivity index (χ2n) is 4.83. The zero-order chi connectivity index (χ0) is 15.7. The third-order valence-corrected chi connectivity index (χ3v) is 4.35. The SMILES string of the molecule is O=C1C(Cl)=C(Cl)C(O)(C#Cc2ccccc2)c2ccccc21. The molecule has 3 rings (SSSR count). The molecule has 4 heteroatoms. The van der Waals surface area contributed by atoms with Gasteiger partial charge in [-0.05, 0) is 12.1 Å². The predicted molar refractivity (Wildman–Crippen MR) is 86.7 cm³/mol. The molecule has 1 aliphatic rings. The van der Waals surface area contributed by atoms with Gasteiger partial charge in [-0.2, -0.15) is 0 Å². The Hall–Kier alpha value is -2.05. The van der Waals surface area contributed by atoms with Gasteiger partial charge in [-0.3, -0.25) is 4.79 Å². The molecule has 0 spiro atoms. The van der Waals surface area contributed by atoms with Crippen molar-refractivity contribution in [1.82, 2.24) is 0 Å². The van der Waals surface area contributed by atoms with Gasteiger partial charge in [0.05, 0.1) is 5.03 Å². The summed E-state index contributed by atoms with van der Waals surface area (Å²) in [4.78, 5) is 12.2. The van der Waals surface area contributed by atoms with Gasteiger partial charge < -0.3 is 5.11 Å². The Bertz CT molecular complexity index is 844. The molecule has 0 saturated heterocycles. The Morgan fingerprint density at radius 3 is 2.32 bits per heavy atom. The fourth-order valence-electron chi connectivity index (χ4n) is 2.30. The molecule has 0 fully saturated rings. The zero-order valence-corrected chi connectivity index (χ0v) is 12.8. The summed E-state index contributed by atoms with van der Waals surface area (Å²) < 4.78 is 0. The van der Waals surface area contributed by atoms with Gasteiger partial charge >= 0.3 is 0 Å². The van der Waals surface area contributed by atoms with Gasteiger partial charge in [-0.15, -0.1) is 0 Å². The average molecular weight is 329 g/mol. The van der Waals surface area contributed by atoms with E-state index in [0.29, 0.717) is 11.1 Å². The van der Waals surface area contributed by atoms with Gasteiger partial charge in [0.2, 0.25) is 5.78 Å². The van der Waals surface area contributed by atoms with E-state index in [2.05, 4.69) is 11.8 Å². The highest BCUT2D eigenvalue weighted by molar-refractivity contribution is 6.51. The Labute approximate surface area is 138 Å². The molecule has 22 heavy (non-hydrogen) atoms. The maximum atomic E-state index is 12.2. The first-order valence-electron chi connectivity index (χ1n) is 6.54. The molecule has 108 valence electrons. The Morgan fingerprint density at radius 1 is 0.955 bits per heavy atom. The van der Waals surface area contributed by atoms with E-state index in [1.807, 2.05) is 30.3 Å². The summed E-state index contributed by atoms with van der Waals surface area (Å²) in [5.41, 5.74) is -0.413. The van der Waals surface area contributed by atoms with Crippen molar-refractivity contribution in [1.29, 1.82) is 0 Å². The minimum absolute atomic E-state index is 0.165. The molecule has 0 radical (unpaired) electrons. The maximum Gasteiger partial charge on any atom is 0.206 e. The van der Waals surface area contributed by atoms with Gasteiger partial charge in [0.25, 0.3) is 0 Å². The van der Waals surface area contributed by atoms with Crippen LogP contribution in [0.5, 0.6) is 0 Å². The minimum Gasteiger partial charge on any atom is -0.369 e. The lowest BCUT2D eigenvalue weighted by molar-refractivity contribution is 0.0995. The quantitative estimate of drug-likeness (QED) is 0.746. The standard InChI is InChI=1S/C18H10Cl2O2/c19-15-16(21)13-8-4-5-9-14(13)18(22,17(15)20)11-10-12-6-2-1-3-7-12/h1-9,22H. The number of hydrogen-bond acceptors (Lipinski definition) is 2. The molecule has 0 saturated carbocycles. The molecule has 0 amide bonds. The number of hydrogen-bond donors (Lipinski definition) is 1. The van der Waals surface area contributed by atoms with Crippen LogP contribution in [0.3, 0.4) is 0 Å². The first-order valence-corrected chi connectivity index (χ1v) is 7.30. The first-order chi connectivity index (χ1) is 10.5. The van der Waals surface area contributed by atoms with Crippen LogP contribution in [0.1, 0.15) is 21.5 Å². The van der Waals surface area contributed by atoms with Crippen molar-refractivity contribution in [2.24, 2.45) is 0 Å². The molecular formula is C18H10Cl2O2. The second kappa shape index (κ2) is 5.62. The number of carbonyl (C=O) groups is 1. The molecule has 1 aliphatic carbocycles. The number of fused-ring (bicyclic) bond motifs is 1. The lowest BCUT2D eigenvalue weighted by Gasteiger charge is -2.29. The Morgan fingerprint density at radius 2 is 1.59 bits per heavy atom. The van der Waals surface area contributed by atoms with E-state index in [1.165, 1.54) is 0 Å². The van der Waals surface area contributed by atoms with Crippen molar-refractivity contribution in [3.05, 3.63) is 81.4 Å². The molecule has 2 aromatic rings. The highest BCUT2D eigenvalue weighted by atomic mass is 35.5. The van der Waals surface area contributed by atoms with Crippen LogP contribution in [-0.4, -0.2) is 10.9 Å². The van der Waals surface area contributed by atoms with E-state index in [4.69, 9.17) is 23.2 Å². The van der Waals surface area contributed by atoms with E-state index < -0.39 is 11.4 Å². The summed E-state index contributed by atoms with van der Waals surface area (Å²) in [5, 5.41) is 10.6. The van der Waals surface area contributed by atoms with Crippen molar-refractivity contribution < 1.29 is 9.90 Å². The highest BCUT2D eigenvalue weighted by Crippen LogP contribution is 2.42. The van der Waals surface area contributed by atoms with Crippen molar-refractivity contribution in [2.45, 2.75) is 5.60 Å². The normalized spacial score (nSPS) is 20.2. The van der Waals surface area contributed by atoms with E-state index >= 15 is 0 Å². The van der Waals surface area contributed by atoms with Gasteiger partial charge in [0, 0.05) is 16.7 Å². The summed E-state index contributed by atoms with van der Waals surface area (Å²) in [7, 11) is 0. The molecule has 1 atom stereocenters. The summed E-state index contributed by atoms with van der Waals surface area (Å²) in [6, 6.07) is 15.8. The maximum absolute atomic E-state index is 12.2. The van der Waals surface area contributed by atoms with Crippen LogP contribution >= 0.6 is 23.2 Å². The number of carbonyl (C=O) groups excluding carboxylic acids is 1. The van der Waals surface area contributed by atoms with Crippen LogP contribution in [-0.2, 0) is 5.60 Å². The van der Waals surface area contributed by atoms with E-state index in [1.54, 1.807) is 24.3 Å². The largest absolute Gasteiger partial charge is 0.369 e. The van der Waals surface area contributed by atoms with Crippen molar-refractivity contribution >= 4 is 29.0 Å². The molecule has 2 nitrogen and oxygen atoms in total. The van der Waals surface area contributed by atoms with Gasteiger partial charge in [0.15, 0.2) is 5.60 Å². The van der Waals surface area contributed by atoms with Crippen LogP contribution in [0.2, 0.25) is 0 Å².